The molecule has 1 aromatic carbocycles. The summed E-state index contributed by atoms with van der Waals surface area (Å²) in [5.41, 5.74) is 0.842. The molecule has 1 N–H and O–H groups in total. The van der Waals surface area contributed by atoms with E-state index in [0.717, 1.165) is 16.0 Å². The molecule has 0 fully saturated rings. The lowest BCUT2D eigenvalue weighted by molar-refractivity contribution is 0.341. The predicted octanol–water partition coefficient (Wildman–Crippen LogP) is 2.42. The summed E-state index contributed by atoms with van der Waals surface area (Å²) in [7, 11) is 0. The van der Waals surface area contributed by atoms with Crippen LogP contribution in [-0.4, -0.2) is 20.4 Å². The lowest BCUT2D eigenvalue weighted by Crippen LogP contribution is -1.91. The second-order valence-corrected chi connectivity index (χ2v) is 5.18. The highest BCUT2D eigenvalue weighted by Gasteiger charge is 2.07. The number of hydrogen-bond acceptors (Lipinski definition) is 4. The van der Waals surface area contributed by atoms with Crippen LogP contribution in [0.1, 0.15) is 11.9 Å². The Balaban J connectivity index is 2.34. The fourth-order valence-corrected chi connectivity index (χ4v) is 2.98. The zero-order valence-electron chi connectivity index (χ0n) is 8.67. The second-order valence-electron chi connectivity index (χ2n) is 3.14. The molecule has 0 bridgehead atoms. The maximum Gasteiger partial charge on any atom is 0.159 e. The van der Waals surface area contributed by atoms with Crippen molar-refractivity contribution in [3.63, 3.8) is 0 Å². The monoisotopic (exact) mass is 257 g/mol. The van der Waals surface area contributed by atoms with E-state index < -0.39 is 11.1 Å². The van der Waals surface area contributed by atoms with Crippen LogP contribution in [0.5, 0.6) is 5.75 Å². The third-order valence-electron chi connectivity index (χ3n) is 1.96. The van der Waals surface area contributed by atoms with E-state index >= 15 is 0 Å². The van der Waals surface area contributed by atoms with Gasteiger partial charge >= 0.3 is 0 Å². The molecule has 1 atom stereocenters. The number of ether oxygens (including phenoxy) is 1. The van der Waals surface area contributed by atoms with Gasteiger partial charge < -0.3 is 9.29 Å². The van der Waals surface area contributed by atoms with E-state index in [1.165, 1.54) is 11.3 Å². The van der Waals surface area contributed by atoms with Crippen molar-refractivity contribution in [2.24, 2.45) is 0 Å². The molecule has 0 saturated heterocycles. The summed E-state index contributed by atoms with van der Waals surface area (Å²) in [4.78, 5) is 4.26. The summed E-state index contributed by atoms with van der Waals surface area (Å²) in [6.07, 6.45) is 0. The summed E-state index contributed by atoms with van der Waals surface area (Å²) in [5.74, 6) is 0.888. The quantitative estimate of drug-likeness (QED) is 0.854. The Labute approximate surface area is 99.6 Å². The van der Waals surface area contributed by atoms with Gasteiger partial charge in [-0.25, -0.2) is 9.19 Å². The van der Waals surface area contributed by atoms with Crippen molar-refractivity contribution >= 4 is 32.6 Å². The summed E-state index contributed by atoms with van der Waals surface area (Å²) < 4.78 is 25.8. The zero-order valence-corrected chi connectivity index (χ0v) is 10.3. The highest BCUT2D eigenvalue weighted by Crippen LogP contribution is 2.26. The maximum atomic E-state index is 10.7. The van der Waals surface area contributed by atoms with Crippen LogP contribution in [0.25, 0.3) is 10.2 Å². The van der Waals surface area contributed by atoms with Crippen LogP contribution in [0.15, 0.2) is 18.2 Å². The summed E-state index contributed by atoms with van der Waals surface area (Å²) >= 11 is -0.414. The Morgan fingerprint density at radius 3 is 3.06 bits per heavy atom. The first kappa shape index (κ1) is 11.5. The highest BCUT2D eigenvalue weighted by atomic mass is 32.2. The van der Waals surface area contributed by atoms with E-state index in [1.54, 1.807) is 0 Å². The minimum Gasteiger partial charge on any atom is -0.494 e. The Morgan fingerprint density at radius 2 is 2.38 bits per heavy atom. The van der Waals surface area contributed by atoms with Gasteiger partial charge in [0.05, 0.1) is 16.8 Å². The van der Waals surface area contributed by atoms with E-state index in [-0.39, 0.29) is 5.75 Å². The highest BCUT2D eigenvalue weighted by molar-refractivity contribution is 7.78. The predicted molar refractivity (Wildman–Crippen MR) is 65.3 cm³/mol. The average molecular weight is 257 g/mol. The van der Waals surface area contributed by atoms with Crippen LogP contribution >= 0.6 is 11.3 Å². The first-order valence-corrected chi connectivity index (χ1v) is 6.88. The SMILES string of the molecule is CCOc1ccc2nc(CS(=O)O)sc2c1. The number of benzene rings is 1. The molecule has 2 rings (SSSR count). The third-order valence-corrected chi connectivity index (χ3v) is 3.68. The fraction of sp³-hybridized carbons (Fsp3) is 0.300. The van der Waals surface area contributed by atoms with Crippen molar-refractivity contribution in [2.45, 2.75) is 12.7 Å². The van der Waals surface area contributed by atoms with E-state index in [0.29, 0.717) is 11.6 Å². The minimum atomic E-state index is -1.84. The Hall–Kier alpha value is -0.980. The Morgan fingerprint density at radius 1 is 1.56 bits per heavy atom. The molecule has 4 nitrogen and oxygen atoms in total. The van der Waals surface area contributed by atoms with E-state index in [4.69, 9.17) is 9.29 Å². The lowest BCUT2D eigenvalue weighted by atomic mass is 10.3. The van der Waals surface area contributed by atoms with Crippen LogP contribution in [0, 0.1) is 0 Å². The van der Waals surface area contributed by atoms with Gasteiger partial charge in [-0.2, -0.15) is 0 Å². The molecule has 0 aliphatic carbocycles. The molecule has 0 spiro atoms. The molecule has 6 heteroatoms. The summed E-state index contributed by atoms with van der Waals surface area (Å²) in [5, 5.41) is 0.671. The first-order chi connectivity index (χ1) is 7.69. The molecular formula is C10H11NO3S2. The number of hydrogen-bond donors (Lipinski definition) is 1. The zero-order chi connectivity index (χ0) is 11.5. The van der Waals surface area contributed by atoms with E-state index in [9.17, 15) is 4.21 Å². The molecule has 1 heterocycles. The van der Waals surface area contributed by atoms with Crippen LogP contribution in [0.2, 0.25) is 0 Å². The van der Waals surface area contributed by atoms with Gasteiger partial charge in [0.15, 0.2) is 11.1 Å². The Bertz CT molecular complexity index is 524. The van der Waals surface area contributed by atoms with Gasteiger partial charge in [-0.15, -0.1) is 11.3 Å². The summed E-state index contributed by atoms with van der Waals surface area (Å²) in [6.45, 7) is 2.55. The van der Waals surface area contributed by atoms with Crippen molar-refractivity contribution in [2.75, 3.05) is 6.61 Å². The number of fused-ring (bicyclic) bond motifs is 1. The van der Waals surface area contributed by atoms with Gasteiger partial charge in [0.1, 0.15) is 16.5 Å². The molecule has 0 amide bonds. The van der Waals surface area contributed by atoms with Crippen molar-refractivity contribution in [3.8, 4) is 5.75 Å². The molecule has 86 valence electrons. The van der Waals surface area contributed by atoms with Gasteiger partial charge in [0.2, 0.25) is 0 Å². The first-order valence-electron chi connectivity index (χ1n) is 4.78. The van der Waals surface area contributed by atoms with Crippen molar-refractivity contribution < 1.29 is 13.5 Å². The van der Waals surface area contributed by atoms with Gasteiger partial charge in [-0.1, -0.05) is 0 Å². The molecular weight excluding hydrogens is 246 g/mol. The van der Waals surface area contributed by atoms with Crippen molar-refractivity contribution in [3.05, 3.63) is 23.2 Å². The van der Waals surface area contributed by atoms with Crippen LogP contribution < -0.4 is 4.74 Å². The minimum absolute atomic E-state index is 0.0866. The second kappa shape index (κ2) is 4.90. The number of aromatic nitrogens is 1. The molecule has 0 aliphatic heterocycles. The molecule has 16 heavy (non-hydrogen) atoms. The smallest absolute Gasteiger partial charge is 0.159 e. The van der Waals surface area contributed by atoms with Gasteiger partial charge in [0, 0.05) is 0 Å². The van der Waals surface area contributed by atoms with Crippen molar-refractivity contribution in [1.29, 1.82) is 0 Å². The average Bonchev–Trinajstić information content (AvgIpc) is 2.58. The standard InChI is InChI=1S/C10H11NO3S2/c1-2-14-7-3-4-8-9(5-7)15-10(11-8)6-16(12)13/h3-5H,2,6H2,1H3,(H,12,13). The summed E-state index contributed by atoms with van der Waals surface area (Å²) in [6, 6.07) is 5.62. The number of nitrogens with zero attached hydrogens (tertiary/aromatic N) is 1. The van der Waals surface area contributed by atoms with Gasteiger partial charge in [0.25, 0.3) is 0 Å². The molecule has 1 unspecified atom stereocenters. The third kappa shape index (κ3) is 2.58. The number of thiazole rings is 1. The largest absolute Gasteiger partial charge is 0.494 e. The van der Waals surface area contributed by atoms with Crippen LogP contribution in [-0.2, 0) is 16.8 Å². The van der Waals surface area contributed by atoms with Gasteiger partial charge in [-0.05, 0) is 25.1 Å². The normalized spacial score (nSPS) is 12.9. The Kier molecular flexibility index (Phi) is 3.52. The van der Waals surface area contributed by atoms with Crippen LogP contribution in [0.4, 0.5) is 0 Å². The molecule has 0 radical (unpaired) electrons. The molecule has 1 aromatic heterocycles. The van der Waals surface area contributed by atoms with Crippen LogP contribution in [0.3, 0.4) is 0 Å². The fourth-order valence-electron chi connectivity index (χ4n) is 1.38. The molecule has 0 aliphatic rings. The van der Waals surface area contributed by atoms with Crippen molar-refractivity contribution in [1.82, 2.24) is 4.98 Å². The maximum absolute atomic E-state index is 10.7. The lowest BCUT2D eigenvalue weighted by Gasteiger charge is -2.00. The molecule has 2 aromatic rings. The van der Waals surface area contributed by atoms with E-state index in [1.807, 2.05) is 25.1 Å². The molecule has 0 saturated carbocycles. The van der Waals surface area contributed by atoms with Gasteiger partial charge in [-0.3, -0.25) is 0 Å². The topological polar surface area (TPSA) is 59.4 Å². The number of rotatable bonds is 4. The van der Waals surface area contributed by atoms with E-state index in [2.05, 4.69) is 4.98 Å².